The first-order valence-corrected chi connectivity index (χ1v) is 6.57. The Morgan fingerprint density at radius 3 is 2.95 bits per heavy atom. The van der Waals surface area contributed by atoms with E-state index >= 15 is 0 Å². The number of carbonyl (C=O) groups excluding carboxylic acids is 2. The molecular weight excluding hydrogens is 252 g/mol. The zero-order valence-corrected chi connectivity index (χ0v) is 10.9. The van der Waals surface area contributed by atoms with Crippen LogP contribution in [0.15, 0.2) is 42.7 Å². The standard InChI is InChI=1S/C16H14N2O2/c19-15(8-11-2-1-7-17-10-11)13-3-5-14-12(9-13)4-6-16(20)18-14/h1-3,5,7,9-10H,4,6,8H2,(H,18,20). The van der Waals surface area contributed by atoms with Gasteiger partial charge in [0.05, 0.1) is 0 Å². The van der Waals surface area contributed by atoms with Gasteiger partial charge in [0.2, 0.25) is 5.91 Å². The third-order valence-electron chi connectivity index (χ3n) is 3.41. The fourth-order valence-electron chi connectivity index (χ4n) is 2.35. The lowest BCUT2D eigenvalue weighted by Gasteiger charge is -2.17. The second-order valence-electron chi connectivity index (χ2n) is 4.88. The number of amides is 1. The monoisotopic (exact) mass is 266 g/mol. The Hall–Kier alpha value is -2.49. The van der Waals surface area contributed by atoms with Gasteiger partial charge >= 0.3 is 0 Å². The van der Waals surface area contributed by atoms with Gasteiger partial charge < -0.3 is 5.32 Å². The molecule has 100 valence electrons. The highest BCUT2D eigenvalue weighted by Gasteiger charge is 2.16. The number of nitrogens with zero attached hydrogens (tertiary/aromatic N) is 1. The van der Waals surface area contributed by atoms with Gasteiger partial charge in [0.25, 0.3) is 0 Å². The summed E-state index contributed by atoms with van der Waals surface area (Å²) in [6, 6.07) is 9.17. The van der Waals surface area contributed by atoms with Crippen LogP contribution in [0.2, 0.25) is 0 Å². The molecule has 4 heteroatoms. The first-order chi connectivity index (χ1) is 9.72. The number of pyridine rings is 1. The van der Waals surface area contributed by atoms with Crippen molar-refractivity contribution in [1.29, 1.82) is 0 Å². The Bertz CT molecular complexity index is 665. The Labute approximate surface area is 116 Å². The second-order valence-corrected chi connectivity index (χ2v) is 4.88. The normalized spacial score (nSPS) is 13.5. The first-order valence-electron chi connectivity index (χ1n) is 6.57. The lowest BCUT2D eigenvalue weighted by atomic mass is 9.97. The fourth-order valence-corrected chi connectivity index (χ4v) is 2.35. The quantitative estimate of drug-likeness (QED) is 0.868. The maximum atomic E-state index is 12.2. The van der Waals surface area contributed by atoms with Crippen LogP contribution in [0.4, 0.5) is 5.69 Å². The van der Waals surface area contributed by atoms with Crippen molar-refractivity contribution in [1.82, 2.24) is 4.98 Å². The summed E-state index contributed by atoms with van der Waals surface area (Å²) in [6.45, 7) is 0. The van der Waals surface area contributed by atoms with Crippen LogP contribution in [0, 0.1) is 0 Å². The van der Waals surface area contributed by atoms with Gasteiger partial charge in [0.1, 0.15) is 0 Å². The van der Waals surface area contributed by atoms with E-state index < -0.39 is 0 Å². The highest BCUT2D eigenvalue weighted by Crippen LogP contribution is 2.24. The van der Waals surface area contributed by atoms with Crippen molar-refractivity contribution in [3.05, 3.63) is 59.4 Å². The predicted molar refractivity (Wildman–Crippen MR) is 75.7 cm³/mol. The molecule has 0 aliphatic carbocycles. The molecule has 2 aromatic rings. The van der Waals surface area contributed by atoms with E-state index in [-0.39, 0.29) is 11.7 Å². The lowest BCUT2D eigenvalue weighted by Crippen LogP contribution is -2.19. The summed E-state index contributed by atoms with van der Waals surface area (Å²) in [5.74, 6) is 0.102. The maximum Gasteiger partial charge on any atom is 0.224 e. The van der Waals surface area contributed by atoms with Gasteiger partial charge in [-0.3, -0.25) is 14.6 Å². The van der Waals surface area contributed by atoms with Crippen molar-refractivity contribution >= 4 is 17.4 Å². The molecule has 0 spiro atoms. The Balaban J connectivity index is 1.81. The summed E-state index contributed by atoms with van der Waals surface area (Å²) in [6.07, 6.45) is 4.91. The molecule has 0 radical (unpaired) electrons. The number of hydrogen-bond acceptors (Lipinski definition) is 3. The molecule has 0 saturated heterocycles. The van der Waals surface area contributed by atoms with E-state index in [0.717, 1.165) is 16.8 Å². The summed E-state index contributed by atoms with van der Waals surface area (Å²) in [4.78, 5) is 27.6. The Kier molecular flexibility index (Phi) is 3.29. The number of anilines is 1. The highest BCUT2D eigenvalue weighted by atomic mass is 16.1. The zero-order chi connectivity index (χ0) is 13.9. The van der Waals surface area contributed by atoms with Crippen molar-refractivity contribution in [2.24, 2.45) is 0 Å². The Morgan fingerprint density at radius 1 is 1.25 bits per heavy atom. The molecule has 1 aliphatic rings. The minimum Gasteiger partial charge on any atom is -0.326 e. The van der Waals surface area contributed by atoms with Crippen LogP contribution in [-0.2, 0) is 17.6 Å². The average Bonchev–Trinajstić information content (AvgIpc) is 2.47. The summed E-state index contributed by atoms with van der Waals surface area (Å²) in [5, 5.41) is 2.82. The molecule has 1 aliphatic heterocycles. The predicted octanol–water partition coefficient (Wildman–Crippen LogP) is 2.39. The number of aryl methyl sites for hydroxylation is 1. The summed E-state index contributed by atoms with van der Waals surface area (Å²) in [5.41, 5.74) is 3.44. The molecule has 4 nitrogen and oxygen atoms in total. The number of benzene rings is 1. The van der Waals surface area contributed by atoms with Crippen molar-refractivity contribution in [3.8, 4) is 0 Å². The maximum absolute atomic E-state index is 12.2. The van der Waals surface area contributed by atoms with Gasteiger partial charge in [0.15, 0.2) is 5.78 Å². The van der Waals surface area contributed by atoms with Gasteiger partial charge in [-0.2, -0.15) is 0 Å². The molecule has 0 fully saturated rings. The number of rotatable bonds is 3. The van der Waals surface area contributed by atoms with Crippen LogP contribution >= 0.6 is 0 Å². The molecule has 3 rings (SSSR count). The van der Waals surface area contributed by atoms with E-state index in [2.05, 4.69) is 10.3 Å². The van der Waals surface area contributed by atoms with Gasteiger partial charge in [0, 0.05) is 36.5 Å². The molecule has 1 amide bonds. The average molecular weight is 266 g/mol. The lowest BCUT2D eigenvalue weighted by molar-refractivity contribution is -0.116. The molecule has 0 saturated carbocycles. The van der Waals surface area contributed by atoms with Gasteiger partial charge in [-0.25, -0.2) is 0 Å². The minimum absolute atomic E-state index is 0.0342. The first kappa shape index (κ1) is 12.5. The second kappa shape index (κ2) is 5.25. The molecule has 20 heavy (non-hydrogen) atoms. The van der Waals surface area contributed by atoms with E-state index in [1.54, 1.807) is 18.5 Å². The van der Waals surface area contributed by atoms with E-state index in [9.17, 15) is 9.59 Å². The number of fused-ring (bicyclic) bond motifs is 1. The molecular formula is C16H14N2O2. The number of carbonyl (C=O) groups is 2. The third-order valence-corrected chi connectivity index (χ3v) is 3.41. The highest BCUT2D eigenvalue weighted by molar-refractivity contribution is 5.99. The summed E-state index contributed by atoms with van der Waals surface area (Å²) in [7, 11) is 0. The number of Topliss-reactive ketones (excluding diaryl/α,β-unsaturated/α-hetero) is 1. The zero-order valence-electron chi connectivity index (χ0n) is 10.9. The minimum atomic E-state index is 0.0342. The smallest absolute Gasteiger partial charge is 0.224 e. The summed E-state index contributed by atoms with van der Waals surface area (Å²) < 4.78 is 0. The molecule has 2 heterocycles. The Morgan fingerprint density at radius 2 is 2.15 bits per heavy atom. The number of aromatic nitrogens is 1. The van der Waals surface area contributed by atoms with Crippen LogP contribution < -0.4 is 5.32 Å². The van der Waals surface area contributed by atoms with Crippen molar-refractivity contribution in [2.45, 2.75) is 19.3 Å². The van der Waals surface area contributed by atoms with E-state index in [1.807, 2.05) is 24.3 Å². The summed E-state index contributed by atoms with van der Waals surface area (Å²) >= 11 is 0. The molecule has 0 atom stereocenters. The molecule has 0 bridgehead atoms. The van der Waals surface area contributed by atoms with Crippen LogP contribution in [0.25, 0.3) is 0 Å². The van der Waals surface area contributed by atoms with Crippen LogP contribution in [0.5, 0.6) is 0 Å². The van der Waals surface area contributed by atoms with Gasteiger partial charge in [-0.15, -0.1) is 0 Å². The van der Waals surface area contributed by atoms with Crippen molar-refractivity contribution < 1.29 is 9.59 Å². The van der Waals surface area contributed by atoms with Crippen LogP contribution in [-0.4, -0.2) is 16.7 Å². The van der Waals surface area contributed by atoms with E-state index in [0.29, 0.717) is 24.8 Å². The van der Waals surface area contributed by atoms with Gasteiger partial charge in [-0.05, 0) is 41.8 Å². The van der Waals surface area contributed by atoms with E-state index in [4.69, 9.17) is 0 Å². The number of ketones is 1. The van der Waals surface area contributed by atoms with Crippen molar-refractivity contribution in [2.75, 3.05) is 5.32 Å². The van der Waals surface area contributed by atoms with E-state index in [1.165, 1.54) is 0 Å². The van der Waals surface area contributed by atoms with Gasteiger partial charge in [-0.1, -0.05) is 6.07 Å². The SMILES string of the molecule is O=C1CCc2cc(C(=O)Cc3cccnc3)ccc2N1. The van der Waals surface area contributed by atoms with Crippen LogP contribution in [0.1, 0.15) is 27.9 Å². The molecule has 0 unspecified atom stereocenters. The molecule has 1 aromatic carbocycles. The topological polar surface area (TPSA) is 59.1 Å². The fraction of sp³-hybridized carbons (Fsp3) is 0.188. The molecule has 1 N–H and O–H groups in total. The number of nitrogens with one attached hydrogen (secondary N) is 1. The van der Waals surface area contributed by atoms with Crippen LogP contribution in [0.3, 0.4) is 0 Å². The molecule has 1 aromatic heterocycles. The third kappa shape index (κ3) is 2.59. The number of hydrogen-bond donors (Lipinski definition) is 1. The van der Waals surface area contributed by atoms with Crippen molar-refractivity contribution in [3.63, 3.8) is 0 Å². The largest absolute Gasteiger partial charge is 0.326 e.